The van der Waals surface area contributed by atoms with E-state index in [1.807, 2.05) is 42.5 Å². The third kappa shape index (κ3) is 3.83. The van der Waals surface area contributed by atoms with E-state index in [-0.39, 0.29) is 24.7 Å². The van der Waals surface area contributed by atoms with Crippen LogP contribution in [0.25, 0.3) is 11.1 Å². The van der Waals surface area contributed by atoms with Gasteiger partial charge in [-0.05, 0) is 42.2 Å². The molecule has 36 heavy (non-hydrogen) atoms. The van der Waals surface area contributed by atoms with Crippen LogP contribution in [-0.4, -0.2) is 35.2 Å². The van der Waals surface area contributed by atoms with Crippen molar-refractivity contribution in [1.82, 2.24) is 0 Å². The summed E-state index contributed by atoms with van der Waals surface area (Å²) in [5, 5.41) is 0. The lowest BCUT2D eigenvalue weighted by molar-refractivity contribution is 0.110. The average Bonchev–Trinajstić information content (AvgIpc) is 3.38. The van der Waals surface area contributed by atoms with E-state index < -0.39 is 0 Å². The number of para-hydroxylation sites is 1. The van der Waals surface area contributed by atoms with Gasteiger partial charge in [-0.25, -0.2) is 0 Å². The maximum atomic E-state index is 6.70. The number of hydrogen-bond acceptors (Lipinski definition) is 7. The van der Waals surface area contributed by atoms with Crippen molar-refractivity contribution in [2.24, 2.45) is 11.8 Å². The van der Waals surface area contributed by atoms with Crippen LogP contribution in [-0.2, 0) is 6.42 Å². The van der Waals surface area contributed by atoms with Crippen molar-refractivity contribution >= 4 is 0 Å². The van der Waals surface area contributed by atoms with Gasteiger partial charge in [-0.2, -0.15) is 0 Å². The first kappa shape index (κ1) is 24.0. The molecule has 3 atom stereocenters. The van der Waals surface area contributed by atoms with Gasteiger partial charge in [0.15, 0.2) is 23.0 Å². The Morgan fingerprint density at radius 2 is 1.50 bits per heavy atom. The number of fused-ring (bicyclic) bond motifs is 4. The van der Waals surface area contributed by atoms with Crippen molar-refractivity contribution in [3.63, 3.8) is 0 Å². The lowest BCUT2D eigenvalue weighted by Gasteiger charge is -2.35. The fourth-order valence-corrected chi connectivity index (χ4v) is 5.28. The van der Waals surface area contributed by atoms with Gasteiger partial charge in [-0.1, -0.05) is 32.0 Å². The second-order valence-corrected chi connectivity index (χ2v) is 9.18. The van der Waals surface area contributed by atoms with E-state index in [1.165, 1.54) is 0 Å². The molecule has 2 aliphatic rings. The van der Waals surface area contributed by atoms with Gasteiger partial charge in [0.1, 0.15) is 11.9 Å². The molecule has 1 aliphatic heterocycles. The van der Waals surface area contributed by atoms with Gasteiger partial charge in [0, 0.05) is 22.6 Å². The third-order valence-corrected chi connectivity index (χ3v) is 7.25. The van der Waals surface area contributed by atoms with Crippen molar-refractivity contribution in [2.75, 3.05) is 35.2 Å². The minimum Gasteiger partial charge on any atom is -0.493 e. The van der Waals surface area contributed by atoms with Gasteiger partial charge in [0.25, 0.3) is 0 Å². The van der Waals surface area contributed by atoms with Crippen molar-refractivity contribution in [2.45, 2.75) is 26.4 Å². The topological polar surface area (TPSA) is 64.6 Å². The Balaban J connectivity index is 1.87. The lowest BCUT2D eigenvalue weighted by Crippen LogP contribution is -2.26. The van der Waals surface area contributed by atoms with E-state index in [2.05, 4.69) is 13.8 Å². The summed E-state index contributed by atoms with van der Waals surface area (Å²) in [6.07, 6.45) is 0.491. The average molecular weight is 493 g/mol. The molecule has 1 aliphatic carbocycles. The molecule has 0 saturated carbocycles. The smallest absolute Gasteiger partial charge is 0.231 e. The zero-order valence-electron chi connectivity index (χ0n) is 21.5. The van der Waals surface area contributed by atoms with E-state index in [9.17, 15) is 0 Å². The van der Waals surface area contributed by atoms with E-state index in [1.54, 1.807) is 28.4 Å². The summed E-state index contributed by atoms with van der Waals surface area (Å²) in [5.74, 6) is 4.71. The van der Waals surface area contributed by atoms with E-state index in [0.29, 0.717) is 34.5 Å². The maximum Gasteiger partial charge on any atom is 0.231 e. The van der Waals surface area contributed by atoms with Gasteiger partial charge in [0.2, 0.25) is 18.3 Å². The molecule has 190 valence electrons. The van der Waals surface area contributed by atoms with Crippen molar-refractivity contribution < 1.29 is 33.2 Å². The zero-order chi connectivity index (χ0) is 25.4. The molecular weight excluding hydrogens is 460 g/mol. The molecule has 0 radical (unpaired) electrons. The van der Waals surface area contributed by atoms with Crippen LogP contribution < -0.4 is 33.2 Å². The van der Waals surface area contributed by atoms with Crippen molar-refractivity contribution in [3.05, 3.63) is 53.6 Å². The number of ether oxygens (including phenoxy) is 7. The number of hydrogen-bond donors (Lipinski definition) is 0. The molecule has 7 nitrogen and oxygen atoms in total. The maximum absolute atomic E-state index is 6.70. The lowest BCUT2D eigenvalue weighted by atomic mass is 9.75. The fraction of sp³-hybridized carbons (Fsp3) is 0.379. The molecule has 7 heteroatoms. The van der Waals surface area contributed by atoms with E-state index >= 15 is 0 Å². The Morgan fingerprint density at radius 1 is 0.778 bits per heavy atom. The van der Waals surface area contributed by atoms with Crippen LogP contribution >= 0.6 is 0 Å². The summed E-state index contributed by atoms with van der Waals surface area (Å²) in [6.45, 7) is 4.59. The largest absolute Gasteiger partial charge is 0.493 e. The van der Waals surface area contributed by atoms with Crippen LogP contribution in [0.4, 0.5) is 0 Å². The van der Waals surface area contributed by atoms with Crippen molar-refractivity contribution in [1.29, 1.82) is 0 Å². The first-order valence-electron chi connectivity index (χ1n) is 12.1. The predicted octanol–water partition coefficient (Wildman–Crippen LogP) is 6.07. The van der Waals surface area contributed by atoms with E-state index in [4.69, 9.17) is 33.2 Å². The summed E-state index contributed by atoms with van der Waals surface area (Å²) in [6, 6.07) is 13.9. The standard InChI is InChI=1S/C29H32O7/c1-16-12-18-13-21(30-3)26(31-4)28(32-5)23(18)24-20(14-22-27(29(24)33-6)35-15-34-22)25(17(16)2)36-19-10-8-7-9-11-19/h7-11,13-14,16-17,25H,12,15H2,1-6H3/t16-,17+,25-/m1/s1. The first-order chi connectivity index (χ1) is 17.5. The number of methoxy groups -OCH3 is 4. The Hall–Kier alpha value is -3.74. The monoisotopic (exact) mass is 492 g/mol. The molecule has 0 spiro atoms. The van der Waals surface area contributed by atoms with E-state index in [0.717, 1.165) is 34.4 Å². The van der Waals surface area contributed by atoms with Gasteiger partial charge >= 0.3 is 0 Å². The minimum atomic E-state index is -0.285. The molecule has 0 aromatic heterocycles. The minimum absolute atomic E-state index is 0.126. The first-order valence-corrected chi connectivity index (χ1v) is 12.1. The van der Waals surface area contributed by atoms with Crippen LogP contribution in [0.2, 0.25) is 0 Å². The highest BCUT2D eigenvalue weighted by Crippen LogP contribution is 2.58. The second kappa shape index (κ2) is 9.72. The van der Waals surface area contributed by atoms with Gasteiger partial charge < -0.3 is 33.2 Å². The van der Waals surface area contributed by atoms with Crippen LogP contribution in [0.15, 0.2) is 42.5 Å². The highest BCUT2D eigenvalue weighted by atomic mass is 16.7. The quantitative estimate of drug-likeness (QED) is 0.414. The molecule has 3 aromatic carbocycles. The summed E-state index contributed by atoms with van der Waals surface area (Å²) in [5.41, 5.74) is 3.72. The van der Waals surface area contributed by atoms with Crippen LogP contribution in [0, 0.1) is 11.8 Å². The second-order valence-electron chi connectivity index (χ2n) is 9.18. The molecule has 5 rings (SSSR count). The molecule has 0 amide bonds. The van der Waals surface area contributed by atoms with Crippen LogP contribution in [0.3, 0.4) is 0 Å². The Kier molecular flexibility index (Phi) is 6.48. The van der Waals surface area contributed by atoms with Gasteiger partial charge in [0.05, 0.1) is 28.4 Å². The fourth-order valence-electron chi connectivity index (χ4n) is 5.28. The molecular formula is C29H32O7. The molecule has 0 saturated heterocycles. The normalized spacial score (nSPS) is 19.9. The SMILES string of the molecule is COc1cc2c(c(OC)c1OC)-c1c(cc3c(c1OC)OCO3)[C@H](Oc1ccccc1)[C@@H](C)[C@H](C)C2. The summed E-state index contributed by atoms with van der Waals surface area (Å²) >= 11 is 0. The molecule has 1 heterocycles. The summed E-state index contributed by atoms with van der Waals surface area (Å²) in [7, 11) is 6.52. The molecule has 0 unspecified atom stereocenters. The van der Waals surface area contributed by atoms with Gasteiger partial charge in [-0.15, -0.1) is 0 Å². The Morgan fingerprint density at radius 3 is 2.17 bits per heavy atom. The Labute approximate surface area is 211 Å². The highest BCUT2D eigenvalue weighted by molar-refractivity contribution is 5.89. The third-order valence-electron chi connectivity index (χ3n) is 7.25. The van der Waals surface area contributed by atoms with Crippen LogP contribution in [0.1, 0.15) is 31.1 Å². The van der Waals surface area contributed by atoms with Gasteiger partial charge in [-0.3, -0.25) is 0 Å². The highest BCUT2D eigenvalue weighted by Gasteiger charge is 2.39. The van der Waals surface area contributed by atoms with Crippen LogP contribution in [0.5, 0.6) is 40.2 Å². The predicted molar refractivity (Wildman–Crippen MR) is 136 cm³/mol. The molecule has 3 aromatic rings. The summed E-state index contributed by atoms with van der Waals surface area (Å²) < 4.78 is 41.9. The van der Waals surface area contributed by atoms with Crippen molar-refractivity contribution in [3.8, 4) is 51.4 Å². The molecule has 0 N–H and O–H groups in total. The molecule has 0 fully saturated rings. The Bertz CT molecular complexity index is 1250. The molecule has 0 bridgehead atoms. The summed E-state index contributed by atoms with van der Waals surface area (Å²) in [4.78, 5) is 0. The zero-order valence-corrected chi connectivity index (χ0v) is 21.5. The number of rotatable bonds is 6. The number of benzene rings is 3.